The average Bonchev–Trinajstić information content (AvgIpc) is 2.75. The van der Waals surface area contributed by atoms with E-state index >= 15 is 0 Å². The Bertz CT molecular complexity index is 771. The maximum Gasteiger partial charge on any atom is 0.306 e. The van der Waals surface area contributed by atoms with Crippen molar-refractivity contribution in [3.8, 4) is 0 Å². The van der Waals surface area contributed by atoms with Gasteiger partial charge in [-0.3, -0.25) is 9.59 Å². The molecule has 2 aliphatic rings. The first-order valence-electron chi connectivity index (χ1n) is 12.3. The van der Waals surface area contributed by atoms with Gasteiger partial charge >= 0.3 is 5.97 Å². The number of cyclic esters (lactones) is 1. The lowest BCUT2D eigenvalue weighted by molar-refractivity contribution is -0.153. The van der Waals surface area contributed by atoms with Crippen molar-refractivity contribution in [2.24, 2.45) is 5.92 Å². The maximum atomic E-state index is 12.4. The zero-order chi connectivity index (χ0) is 24.9. The van der Waals surface area contributed by atoms with Crippen LogP contribution in [0.15, 0.2) is 48.1 Å². The molecule has 7 nitrogen and oxygen atoms in total. The SMILES string of the molecule is C=C1C[C@H](C)CC(=O)NCCCCC(=O)O[C@H]([C@@H](O)C=C[C@@H]2CC(C)=CCO2)CC=C[C@@H](O)C1. The van der Waals surface area contributed by atoms with E-state index in [-0.39, 0.29) is 30.8 Å². The molecule has 7 heteroatoms. The summed E-state index contributed by atoms with van der Waals surface area (Å²) in [6.45, 7) is 9.13. The van der Waals surface area contributed by atoms with Crippen LogP contribution in [0.3, 0.4) is 0 Å². The highest BCUT2D eigenvalue weighted by Gasteiger charge is 2.22. The predicted molar refractivity (Wildman–Crippen MR) is 132 cm³/mol. The Balaban J connectivity index is 2.04. The van der Waals surface area contributed by atoms with E-state index in [0.717, 1.165) is 12.0 Å². The normalized spacial score (nSPS) is 30.1. The molecule has 0 saturated heterocycles. The van der Waals surface area contributed by atoms with Gasteiger partial charge in [0, 0.05) is 25.8 Å². The van der Waals surface area contributed by atoms with Crippen LogP contribution in [0.4, 0.5) is 0 Å². The van der Waals surface area contributed by atoms with Gasteiger partial charge in [0.25, 0.3) is 0 Å². The molecule has 2 heterocycles. The second-order valence-corrected chi connectivity index (χ2v) is 9.54. The van der Waals surface area contributed by atoms with Crippen LogP contribution in [0.1, 0.15) is 65.2 Å². The van der Waals surface area contributed by atoms with Crippen LogP contribution >= 0.6 is 0 Å². The molecular formula is C27H41NO6. The number of carbonyl (C=O) groups is 2. The molecule has 190 valence electrons. The highest BCUT2D eigenvalue weighted by Crippen LogP contribution is 2.19. The highest BCUT2D eigenvalue weighted by molar-refractivity contribution is 5.76. The zero-order valence-corrected chi connectivity index (χ0v) is 20.6. The molecule has 2 rings (SSSR count). The molecule has 0 fully saturated rings. The van der Waals surface area contributed by atoms with Crippen molar-refractivity contribution in [3.63, 3.8) is 0 Å². The number of hydrogen-bond donors (Lipinski definition) is 3. The van der Waals surface area contributed by atoms with Crippen LogP contribution in [-0.4, -0.2) is 59.7 Å². The van der Waals surface area contributed by atoms with Gasteiger partial charge in [0.1, 0.15) is 12.2 Å². The Morgan fingerprint density at radius 1 is 1.21 bits per heavy atom. The van der Waals surface area contributed by atoms with Crippen molar-refractivity contribution in [1.29, 1.82) is 0 Å². The van der Waals surface area contributed by atoms with Crippen molar-refractivity contribution in [2.45, 2.75) is 89.6 Å². The lowest BCUT2D eigenvalue weighted by Gasteiger charge is -2.22. The van der Waals surface area contributed by atoms with Gasteiger partial charge in [0.2, 0.25) is 5.91 Å². The van der Waals surface area contributed by atoms with Gasteiger partial charge in [0.05, 0.1) is 18.8 Å². The molecule has 2 aliphatic heterocycles. The number of aliphatic hydroxyl groups is 2. The molecule has 0 radical (unpaired) electrons. The first-order valence-corrected chi connectivity index (χ1v) is 12.3. The Morgan fingerprint density at radius 2 is 2.00 bits per heavy atom. The summed E-state index contributed by atoms with van der Waals surface area (Å²) in [5, 5.41) is 24.0. The molecule has 0 aromatic rings. The molecule has 0 aromatic heterocycles. The van der Waals surface area contributed by atoms with Crippen LogP contribution in [-0.2, 0) is 19.1 Å². The van der Waals surface area contributed by atoms with Gasteiger partial charge in [-0.1, -0.05) is 55.0 Å². The van der Waals surface area contributed by atoms with Crippen LogP contribution in [0, 0.1) is 5.92 Å². The minimum atomic E-state index is -0.999. The van der Waals surface area contributed by atoms with Gasteiger partial charge in [-0.25, -0.2) is 0 Å². The maximum absolute atomic E-state index is 12.4. The fourth-order valence-electron chi connectivity index (χ4n) is 4.14. The molecular weight excluding hydrogens is 434 g/mol. The van der Waals surface area contributed by atoms with E-state index in [4.69, 9.17) is 9.47 Å². The number of esters is 1. The van der Waals surface area contributed by atoms with Crippen molar-refractivity contribution in [3.05, 3.63) is 48.1 Å². The number of aliphatic hydroxyl groups excluding tert-OH is 2. The largest absolute Gasteiger partial charge is 0.459 e. The van der Waals surface area contributed by atoms with Crippen LogP contribution in [0.5, 0.6) is 0 Å². The molecule has 0 aromatic carbocycles. The lowest BCUT2D eigenvalue weighted by Crippen LogP contribution is -2.30. The summed E-state index contributed by atoms with van der Waals surface area (Å²) in [4.78, 5) is 24.5. The minimum absolute atomic E-state index is 0.0213. The molecule has 0 unspecified atom stereocenters. The van der Waals surface area contributed by atoms with Gasteiger partial charge in [-0.15, -0.1) is 0 Å². The molecule has 34 heavy (non-hydrogen) atoms. The number of carbonyl (C=O) groups excluding carboxylic acids is 2. The summed E-state index contributed by atoms with van der Waals surface area (Å²) in [5.74, 6) is -0.281. The van der Waals surface area contributed by atoms with Gasteiger partial charge < -0.3 is 25.0 Å². The summed E-state index contributed by atoms with van der Waals surface area (Å²) >= 11 is 0. The van der Waals surface area contributed by atoms with Gasteiger partial charge in [0.15, 0.2) is 0 Å². The van der Waals surface area contributed by atoms with Crippen molar-refractivity contribution in [1.82, 2.24) is 5.32 Å². The Kier molecular flexibility index (Phi) is 12.3. The quantitative estimate of drug-likeness (QED) is 0.426. The third-order valence-electron chi connectivity index (χ3n) is 5.98. The molecule has 0 bridgehead atoms. The summed E-state index contributed by atoms with van der Waals surface area (Å²) in [6, 6.07) is 0. The van der Waals surface area contributed by atoms with E-state index in [1.165, 1.54) is 5.57 Å². The smallest absolute Gasteiger partial charge is 0.306 e. The second kappa shape index (κ2) is 14.9. The summed E-state index contributed by atoms with van der Waals surface area (Å²) in [6.07, 6.45) is 10.2. The highest BCUT2D eigenvalue weighted by atomic mass is 16.6. The number of ether oxygens (including phenoxy) is 2. The number of amides is 1. The van der Waals surface area contributed by atoms with E-state index in [9.17, 15) is 19.8 Å². The average molecular weight is 476 g/mol. The Labute approximate surface area is 203 Å². The van der Waals surface area contributed by atoms with Crippen molar-refractivity contribution in [2.75, 3.05) is 13.2 Å². The summed E-state index contributed by atoms with van der Waals surface area (Å²) in [5.41, 5.74) is 2.11. The minimum Gasteiger partial charge on any atom is -0.459 e. The predicted octanol–water partition coefficient (Wildman–Crippen LogP) is 3.52. The fraction of sp³-hybridized carbons (Fsp3) is 0.630. The zero-order valence-electron chi connectivity index (χ0n) is 20.6. The number of nitrogens with one attached hydrogen (secondary N) is 1. The molecule has 0 spiro atoms. The second-order valence-electron chi connectivity index (χ2n) is 9.54. The van der Waals surface area contributed by atoms with E-state index in [1.54, 1.807) is 18.2 Å². The first kappa shape index (κ1) is 28.0. The molecule has 3 N–H and O–H groups in total. The molecule has 5 atom stereocenters. The van der Waals surface area contributed by atoms with Crippen LogP contribution < -0.4 is 5.32 Å². The van der Waals surface area contributed by atoms with E-state index in [2.05, 4.69) is 11.9 Å². The van der Waals surface area contributed by atoms with Crippen LogP contribution in [0.25, 0.3) is 0 Å². The molecule has 1 amide bonds. The monoisotopic (exact) mass is 475 g/mol. The third-order valence-corrected chi connectivity index (χ3v) is 5.98. The molecule has 0 aliphatic carbocycles. The Morgan fingerprint density at radius 3 is 2.76 bits per heavy atom. The summed E-state index contributed by atoms with van der Waals surface area (Å²) in [7, 11) is 0. The van der Waals surface area contributed by atoms with E-state index < -0.39 is 24.3 Å². The van der Waals surface area contributed by atoms with Crippen molar-refractivity contribution < 1.29 is 29.3 Å². The topological polar surface area (TPSA) is 105 Å². The van der Waals surface area contributed by atoms with E-state index in [1.807, 2.05) is 26.0 Å². The fourth-order valence-corrected chi connectivity index (χ4v) is 4.14. The lowest BCUT2D eigenvalue weighted by atomic mass is 9.95. The Hall–Kier alpha value is -2.22. The van der Waals surface area contributed by atoms with Crippen molar-refractivity contribution >= 4 is 11.9 Å². The number of hydrogen-bond acceptors (Lipinski definition) is 6. The first-order chi connectivity index (χ1) is 16.2. The summed E-state index contributed by atoms with van der Waals surface area (Å²) < 4.78 is 11.2. The number of rotatable bonds is 3. The van der Waals surface area contributed by atoms with Crippen LogP contribution in [0.2, 0.25) is 0 Å². The van der Waals surface area contributed by atoms with E-state index in [0.29, 0.717) is 45.3 Å². The van der Waals surface area contributed by atoms with Gasteiger partial charge in [-0.05, 0) is 44.9 Å². The third kappa shape index (κ3) is 11.3. The molecule has 0 saturated carbocycles. The van der Waals surface area contributed by atoms with Gasteiger partial charge in [-0.2, -0.15) is 0 Å². The standard InChI is InChI=1S/C27H41NO6/c1-19-12-14-33-23(17-19)10-11-24(30)25-8-6-7-22(29)16-20(2)15-21(3)18-26(31)28-13-5-4-9-27(32)34-25/h6-7,10-12,21-25,29-30H,2,4-5,8-9,13-18H2,1,3H3,(H,28,31)/t21-,22+,23+,24-,25-/m0/s1.